The van der Waals surface area contributed by atoms with Gasteiger partial charge in [-0.25, -0.2) is 0 Å². The predicted molar refractivity (Wildman–Crippen MR) is 69.2 cm³/mol. The molecule has 1 fully saturated rings. The van der Waals surface area contributed by atoms with E-state index in [0.29, 0.717) is 0 Å². The van der Waals surface area contributed by atoms with E-state index in [9.17, 15) is 0 Å². The average molecular weight is 242 g/mol. The number of nitrogens with one attached hydrogen (secondary N) is 1. The number of nitrogens with two attached hydrogens (primary N) is 1. The molecule has 0 saturated carbocycles. The van der Waals surface area contributed by atoms with Gasteiger partial charge in [0.2, 0.25) is 0 Å². The van der Waals surface area contributed by atoms with Crippen molar-refractivity contribution in [3.63, 3.8) is 0 Å². The maximum atomic E-state index is 5.74. The minimum absolute atomic E-state index is 0.264. The maximum Gasteiger partial charge on any atom is 0.0614 e. The first-order chi connectivity index (χ1) is 7.17. The Morgan fingerprint density at radius 1 is 1.60 bits per heavy atom. The Hall–Kier alpha value is -0.0300. The van der Waals surface area contributed by atoms with Gasteiger partial charge in [-0.15, -0.1) is 11.3 Å². The minimum Gasteiger partial charge on any atom is -0.271 e. The van der Waals surface area contributed by atoms with Crippen molar-refractivity contribution in [2.45, 2.75) is 37.5 Å². The molecule has 2 heterocycles. The first-order valence-electron chi connectivity index (χ1n) is 5.31. The summed E-state index contributed by atoms with van der Waals surface area (Å²) in [4.78, 5) is 1.38. The Labute approximate surface area is 99.6 Å². The zero-order valence-electron chi connectivity index (χ0n) is 9.25. The van der Waals surface area contributed by atoms with Crippen LogP contribution in [-0.2, 0) is 0 Å². The summed E-state index contributed by atoms with van der Waals surface area (Å²) in [7, 11) is 0. The molecular formula is C11H18N2S2. The van der Waals surface area contributed by atoms with E-state index in [2.05, 4.69) is 30.7 Å². The van der Waals surface area contributed by atoms with Gasteiger partial charge < -0.3 is 0 Å². The number of hydrogen-bond donors (Lipinski definition) is 2. The summed E-state index contributed by atoms with van der Waals surface area (Å²) in [6.45, 7) is 4.50. The predicted octanol–water partition coefficient (Wildman–Crippen LogP) is 2.85. The Balaban J connectivity index is 2.27. The van der Waals surface area contributed by atoms with Crippen molar-refractivity contribution in [3.05, 3.63) is 21.9 Å². The lowest BCUT2D eigenvalue weighted by Crippen LogP contribution is -2.41. The number of hydrazine groups is 1. The Bertz CT molecular complexity index is 329. The highest BCUT2D eigenvalue weighted by Gasteiger charge is 2.38. The van der Waals surface area contributed by atoms with Crippen molar-refractivity contribution >= 4 is 23.1 Å². The molecule has 2 unspecified atom stereocenters. The normalized spacial score (nSPS) is 28.2. The van der Waals surface area contributed by atoms with Crippen molar-refractivity contribution in [3.8, 4) is 0 Å². The van der Waals surface area contributed by atoms with E-state index >= 15 is 0 Å². The van der Waals surface area contributed by atoms with Gasteiger partial charge in [-0.3, -0.25) is 11.3 Å². The lowest BCUT2D eigenvalue weighted by molar-refractivity contribution is 0.420. The molecule has 1 aliphatic heterocycles. The highest BCUT2D eigenvalue weighted by molar-refractivity contribution is 8.00. The summed E-state index contributed by atoms with van der Waals surface area (Å²) in [5, 5.41) is 2.15. The number of aryl methyl sites for hydroxylation is 1. The summed E-state index contributed by atoms with van der Waals surface area (Å²) >= 11 is 3.85. The summed E-state index contributed by atoms with van der Waals surface area (Å²) < 4.78 is 0.264. The van der Waals surface area contributed by atoms with Crippen LogP contribution in [0.4, 0.5) is 0 Å². The van der Waals surface area contributed by atoms with Gasteiger partial charge in [-0.1, -0.05) is 0 Å². The van der Waals surface area contributed by atoms with Crippen molar-refractivity contribution in [2.24, 2.45) is 5.84 Å². The Morgan fingerprint density at radius 3 is 2.87 bits per heavy atom. The fourth-order valence-electron chi connectivity index (χ4n) is 2.32. The smallest absolute Gasteiger partial charge is 0.0614 e. The van der Waals surface area contributed by atoms with E-state index < -0.39 is 0 Å². The molecule has 2 rings (SSSR count). The largest absolute Gasteiger partial charge is 0.271 e. The van der Waals surface area contributed by atoms with Gasteiger partial charge in [0.25, 0.3) is 0 Å². The maximum absolute atomic E-state index is 5.74. The molecule has 0 radical (unpaired) electrons. The van der Waals surface area contributed by atoms with Crippen LogP contribution in [-0.4, -0.2) is 10.5 Å². The van der Waals surface area contributed by atoms with E-state index in [1.165, 1.54) is 29.0 Å². The van der Waals surface area contributed by atoms with Gasteiger partial charge in [0.15, 0.2) is 0 Å². The van der Waals surface area contributed by atoms with Gasteiger partial charge in [0.05, 0.1) is 6.04 Å². The Morgan fingerprint density at radius 2 is 2.40 bits per heavy atom. The van der Waals surface area contributed by atoms with Crippen molar-refractivity contribution < 1.29 is 0 Å². The first kappa shape index (κ1) is 11.5. The van der Waals surface area contributed by atoms with Crippen LogP contribution < -0.4 is 11.3 Å². The molecule has 0 spiro atoms. The van der Waals surface area contributed by atoms with Crippen molar-refractivity contribution in [1.29, 1.82) is 0 Å². The second-order valence-electron chi connectivity index (χ2n) is 4.30. The van der Waals surface area contributed by atoms with Gasteiger partial charge in [0, 0.05) is 9.62 Å². The average Bonchev–Trinajstić information content (AvgIpc) is 2.79. The molecule has 1 aromatic heterocycles. The molecule has 15 heavy (non-hydrogen) atoms. The molecule has 0 aromatic carbocycles. The van der Waals surface area contributed by atoms with Crippen LogP contribution in [0.2, 0.25) is 0 Å². The fourth-order valence-corrected chi connectivity index (χ4v) is 4.46. The molecule has 0 bridgehead atoms. The van der Waals surface area contributed by atoms with Crippen LogP contribution in [0, 0.1) is 6.92 Å². The minimum atomic E-state index is 0.264. The Kier molecular flexibility index (Phi) is 3.40. The number of thiophene rings is 1. The van der Waals surface area contributed by atoms with E-state index in [0.717, 1.165) is 0 Å². The molecular weight excluding hydrogens is 224 g/mol. The second-order valence-corrected chi connectivity index (χ2v) is 7.05. The molecule has 0 amide bonds. The molecule has 2 atom stereocenters. The van der Waals surface area contributed by atoms with Crippen LogP contribution in [0.5, 0.6) is 0 Å². The zero-order valence-corrected chi connectivity index (χ0v) is 10.9. The van der Waals surface area contributed by atoms with Gasteiger partial charge in [-0.05, 0) is 49.5 Å². The first-order valence-corrected chi connectivity index (χ1v) is 7.18. The molecule has 2 nitrogen and oxygen atoms in total. The van der Waals surface area contributed by atoms with Crippen LogP contribution in [0.3, 0.4) is 0 Å². The second kappa shape index (κ2) is 4.45. The topological polar surface area (TPSA) is 38.0 Å². The molecule has 1 saturated heterocycles. The van der Waals surface area contributed by atoms with E-state index in [1.807, 2.05) is 11.8 Å². The molecule has 3 N–H and O–H groups in total. The third-order valence-electron chi connectivity index (χ3n) is 3.24. The summed E-state index contributed by atoms with van der Waals surface area (Å²) in [5.41, 5.74) is 4.39. The molecule has 1 aliphatic rings. The molecule has 0 aliphatic carbocycles. The number of thioether (sulfide) groups is 1. The molecule has 1 aromatic rings. The lowest BCUT2D eigenvalue weighted by Gasteiger charge is -2.33. The third kappa shape index (κ3) is 2.09. The zero-order chi connectivity index (χ0) is 10.9. The monoisotopic (exact) mass is 242 g/mol. The van der Waals surface area contributed by atoms with E-state index in [4.69, 9.17) is 5.84 Å². The van der Waals surface area contributed by atoms with Crippen molar-refractivity contribution in [2.75, 3.05) is 5.75 Å². The standard InChI is InChI=1S/C11H18N2S2/c1-8-9(4-7-14-8)10(13-12)11(2)5-3-6-15-11/h4,7,10,13H,3,5-6,12H2,1-2H3. The number of hydrogen-bond acceptors (Lipinski definition) is 4. The van der Waals surface area contributed by atoms with Crippen LogP contribution in [0.15, 0.2) is 11.4 Å². The summed E-state index contributed by atoms with van der Waals surface area (Å²) in [6.07, 6.45) is 2.56. The quantitative estimate of drug-likeness (QED) is 0.632. The lowest BCUT2D eigenvalue weighted by atomic mass is 9.91. The van der Waals surface area contributed by atoms with Gasteiger partial charge in [-0.2, -0.15) is 11.8 Å². The molecule has 84 valence electrons. The number of rotatable bonds is 3. The van der Waals surface area contributed by atoms with Crippen LogP contribution in [0.25, 0.3) is 0 Å². The molecule has 4 heteroatoms. The fraction of sp³-hybridized carbons (Fsp3) is 0.636. The highest BCUT2D eigenvalue weighted by atomic mass is 32.2. The summed E-state index contributed by atoms with van der Waals surface area (Å²) in [5.74, 6) is 7.00. The SMILES string of the molecule is Cc1sccc1C(NN)C1(C)CCCS1. The third-order valence-corrected chi connectivity index (χ3v) is 5.69. The highest BCUT2D eigenvalue weighted by Crippen LogP contribution is 2.47. The van der Waals surface area contributed by atoms with Gasteiger partial charge in [0.1, 0.15) is 0 Å². The van der Waals surface area contributed by atoms with Crippen LogP contribution >= 0.6 is 23.1 Å². The van der Waals surface area contributed by atoms with Crippen LogP contribution in [0.1, 0.15) is 36.2 Å². The summed E-state index contributed by atoms with van der Waals surface area (Å²) in [6, 6.07) is 2.49. The van der Waals surface area contributed by atoms with Crippen molar-refractivity contribution in [1.82, 2.24) is 5.43 Å². The van der Waals surface area contributed by atoms with E-state index in [1.54, 1.807) is 11.3 Å². The van der Waals surface area contributed by atoms with Gasteiger partial charge >= 0.3 is 0 Å². The van der Waals surface area contributed by atoms with E-state index in [-0.39, 0.29) is 10.8 Å².